The van der Waals surface area contributed by atoms with E-state index in [2.05, 4.69) is 26.0 Å². The fraction of sp³-hybridized carbons (Fsp3) is 0.385. The average Bonchev–Trinajstić information content (AvgIpc) is 2.73. The van der Waals surface area contributed by atoms with E-state index in [1.54, 1.807) is 6.08 Å². The summed E-state index contributed by atoms with van der Waals surface area (Å²) in [6.07, 6.45) is 5.26. The number of piperidine rings is 1. The molecule has 0 bridgehead atoms. The van der Waals surface area contributed by atoms with Gasteiger partial charge in [0, 0.05) is 32.0 Å². The molecule has 2 aliphatic rings. The van der Waals surface area contributed by atoms with E-state index in [1.165, 1.54) is 5.56 Å². The second kappa shape index (κ2) is 8.10. The van der Waals surface area contributed by atoms with Crippen molar-refractivity contribution in [2.24, 2.45) is 0 Å². The lowest BCUT2D eigenvalue weighted by atomic mass is 9.82. The van der Waals surface area contributed by atoms with E-state index in [0.717, 1.165) is 11.1 Å². The molecule has 1 amide bonds. The zero-order chi connectivity index (χ0) is 21.3. The van der Waals surface area contributed by atoms with Gasteiger partial charge in [0.15, 0.2) is 5.78 Å². The van der Waals surface area contributed by atoms with E-state index in [-0.39, 0.29) is 11.7 Å². The zero-order valence-electron chi connectivity index (χ0n) is 18.0. The Labute approximate surface area is 178 Å². The first-order valence-corrected chi connectivity index (χ1v) is 10.8. The number of fused-ring (bicyclic) bond motifs is 1. The molecule has 0 aliphatic carbocycles. The first-order chi connectivity index (χ1) is 14.3. The van der Waals surface area contributed by atoms with Crippen LogP contribution in [-0.2, 0) is 4.79 Å². The number of likely N-dealkylation sites (tertiary alicyclic amines) is 1. The van der Waals surface area contributed by atoms with Gasteiger partial charge in [0.25, 0.3) is 0 Å². The molecule has 0 saturated carbocycles. The normalized spacial score (nSPS) is 18.0. The van der Waals surface area contributed by atoms with Gasteiger partial charge in [-0.05, 0) is 42.2 Å². The molecule has 1 spiro atoms. The van der Waals surface area contributed by atoms with Crippen molar-refractivity contribution in [2.75, 3.05) is 13.1 Å². The largest absolute Gasteiger partial charge is 0.486 e. The number of amides is 1. The van der Waals surface area contributed by atoms with Crippen LogP contribution < -0.4 is 4.74 Å². The molecular weight excluding hydrogens is 374 g/mol. The summed E-state index contributed by atoms with van der Waals surface area (Å²) in [7, 11) is 0. The van der Waals surface area contributed by atoms with Gasteiger partial charge in [0.1, 0.15) is 11.4 Å². The maximum Gasteiger partial charge on any atom is 0.246 e. The molecule has 2 aromatic rings. The van der Waals surface area contributed by atoms with Crippen molar-refractivity contribution < 1.29 is 14.3 Å². The van der Waals surface area contributed by atoms with Gasteiger partial charge in [-0.1, -0.05) is 49.7 Å². The van der Waals surface area contributed by atoms with Crippen molar-refractivity contribution in [2.45, 2.75) is 51.6 Å². The Balaban J connectivity index is 1.38. The maximum atomic E-state index is 12.7. The fourth-order valence-corrected chi connectivity index (χ4v) is 4.29. The van der Waals surface area contributed by atoms with Gasteiger partial charge in [0.2, 0.25) is 5.91 Å². The predicted octanol–water partition coefficient (Wildman–Crippen LogP) is 5.16. The van der Waals surface area contributed by atoms with Crippen LogP contribution in [0.5, 0.6) is 5.75 Å². The van der Waals surface area contributed by atoms with E-state index in [4.69, 9.17) is 4.74 Å². The van der Waals surface area contributed by atoms with Crippen LogP contribution in [0.1, 0.15) is 66.1 Å². The zero-order valence-corrected chi connectivity index (χ0v) is 18.0. The molecule has 0 radical (unpaired) electrons. The van der Waals surface area contributed by atoms with Crippen LogP contribution in [0.2, 0.25) is 0 Å². The Bertz CT molecular complexity index is 980. The second-order valence-electron chi connectivity index (χ2n) is 8.86. The standard InChI is InChI=1S/C26H29NO3/c1-18(2)21-8-5-20(6-9-21)7-11-25(29)27-14-12-26(13-15-27)17-23(28)22-16-19(3)4-10-24(22)30-26/h4-11,16,18H,12-15,17H2,1-3H3/b11-7+. The highest BCUT2D eigenvalue weighted by molar-refractivity contribution is 6.00. The molecule has 0 unspecified atom stereocenters. The van der Waals surface area contributed by atoms with Crippen molar-refractivity contribution in [1.29, 1.82) is 0 Å². The van der Waals surface area contributed by atoms with Crippen LogP contribution in [0.25, 0.3) is 6.08 Å². The summed E-state index contributed by atoms with van der Waals surface area (Å²) in [6.45, 7) is 7.52. The molecule has 4 heteroatoms. The van der Waals surface area contributed by atoms with Crippen LogP contribution in [-0.4, -0.2) is 35.3 Å². The van der Waals surface area contributed by atoms with Crippen LogP contribution in [0.3, 0.4) is 0 Å². The Morgan fingerprint density at radius 1 is 1.10 bits per heavy atom. The summed E-state index contributed by atoms with van der Waals surface area (Å²) in [4.78, 5) is 27.2. The number of carbonyl (C=O) groups excluding carboxylic acids is 2. The fourth-order valence-electron chi connectivity index (χ4n) is 4.29. The molecule has 0 N–H and O–H groups in total. The lowest BCUT2D eigenvalue weighted by Gasteiger charge is -2.43. The first kappa shape index (κ1) is 20.4. The summed E-state index contributed by atoms with van der Waals surface area (Å²) >= 11 is 0. The highest BCUT2D eigenvalue weighted by Crippen LogP contribution is 2.39. The number of hydrogen-bond acceptors (Lipinski definition) is 3. The number of aryl methyl sites for hydroxylation is 1. The highest BCUT2D eigenvalue weighted by atomic mass is 16.5. The average molecular weight is 404 g/mol. The SMILES string of the molecule is Cc1ccc2c(c1)C(=O)CC1(CCN(C(=O)/C=C/c3ccc(C(C)C)cc3)CC1)O2. The summed E-state index contributed by atoms with van der Waals surface area (Å²) in [5.74, 6) is 1.33. The van der Waals surface area contributed by atoms with Gasteiger partial charge in [0.05, 0.1) is 12.0 Å². The van der Waals surface area contributed by atoms with Crippen LogP contribution in [0.15, 0.2) is 48.5 Å². The highest BCUT2D eigenvalue weighted by Gasteiger charge is 2.43. The molecule has 1 saturated heterocycles. The minimum Gasteiger partial charge on any atom is -0.486 e. The number of carbonyl (C=O) groups is 2. The van der Waals surface area contributed by atoms with E-state index < -0.39 is 5.60 Å². The quantitative estimate of drug-likeness (QED) is 0.665. The predicted molar refractivity (Wildman–Crippen MR) is 119 cm³/mol. The van der Waals surface area contributed by atoms with Crippen molar-refractivity contribution in [3.8, 4) is 5.75 Å². The van der Waals surface area contributed by atoms with Crippen molar-refractivity contribution in [1.82, 2.24) is 4.90 Å². The molecule has 4 nitrogen and oxygen atoms in total. The lowest BCUT2D eigenvalue weighted by Crippen LogP contribution is -2.52. The van der Waals surface area contributed by atoms with E-state index in [1.807, 2.05) is 48.2 Å². The number of hydrogen-bond donors (Lipinski definition) is 0. The summed E-state index contributed by atoms with van der Waals surface area (Å²) in [6, 6.07) is 14.1. The smallest absolute Gasteiger partial charge is 0.246 e. The Morgan fingerprint density at radius 3 is 2.47 bits per heavy atom. The number of rotatable bonds is 3. The number of nitrogens with zero attached hydrogens (tertiary/aromatic N) is 1. The molecule has 2 heterocycles. The minimum absolute atomic E-state index is 0.0101. The molecule has 1 fully saturated rings. The summed E-state index contributed by atoms with van der Waals surface area (Å²) in [5, 5.41) is 0. The van der Waals surface area contributed by atoms with Gasteiger partial charge in [-0.3, -0.25) is 9.59 Å². The molecule has 4 rings (SSSR count). The van der Waals surface area contributed by atoms with Crippen molar-refractivity contribution in [3.63, 3.8) is 0 Å². The molecule has 2 aromatic carbocycles. The van der Waals surface area contributed by atoms with Gasteiger partial charge in [-0.25, -0.2) is 0 Å². The molecule has 30 heavy (non-hydrogen) atoms. The number of Topliss-reactive ketones (excluding diaryl/α,β-unsaturated/α-hetero) is 1. The second-order valence-corrected chi connectivity index (χ2v) is 8.86. The van der Waals surface area contributed by atoms with Crippen LogP contribution in [0.4, 0.5) is 0 Å². The number of ketones is 1. The maximum absolute atomic E-state index is 12.7. The third-order valence-corrected chi connectivity index (χ3v) is 6.25. The topological polar surface area (TPSA) is 46.6 Å². The molecule has 0 atom stereocenters. The van der Waals surface area contributed by atoms with E-state index >= 15 is 0 Å². The summed E-state index contributed by atoms with van der Waals surface area (Å²) < 4.78 is 6.30. The van der Waals surface area contributed by atoms with Gasteiger partial charge >= 0.3 is 0 Å². The molecule has 156 valence electrons. The Morgan fingerprint density at radius 2 is 1.80 bits per heavy atom. The first-order valence-electron chi connectivity index (χ1n) is 10.8. The van der Waals surface area contributed by atoms with Gasteiger partial charge < -0.3 is 9.64 Å². The van der Waals surface area contributed by atoms with Crippen molar-refractivity contribution in [3.05, 3.63) is 70.8 Å². The molecular formula is C26H29NO3. The number of ether oxygens (including phenoxy) is 1. The molecule has 0 aromatic heterocycles. The van der Waals surface area contributed by atoms with E-state index in [9.17, 15) is 9.59 Å². The lowest BCUT2D eigenvalue weighted by molar-refractivity contribution is -0.129. The Hall–Kier alpha value is -2.88. The monoisotopic (exact) mass is 403 g/mol. The number of benzene rings is 2. The third kappa shape index (κ3) is 4.18. The van der Waals surface area contributed by atoms with E-state index in [0.29, 0.717) is 49.6 Å². The van der Waals surface area contributed by atoms with Gasteiger partial charge in [-0.2, -0.15) is 0 Å². The molecule has 2 aliphatic heterocycles. The van der Waals surface area contributed by atoms with Crippen LogP contribution >= 0.6 is 0 Å². The Kier molecular flexibility index (Phi) is 5.50. The minimum atomic E-state index is -0.480. The summed E-state index contributed by atoms with van der Waals surface area (Å²) in [5.41, 5.74) is 3.58. The van der Waals surface area contributed by atoms with Crippen molar-refractivity contribution >= 4 is 17.8 Å². The van der Waals surface area contributed by atoms with Gasteiger partial charge in [-0.15, -0.1) is 0 Å². The van der Waals surface area contributed by atoms with Crippen LogP contribution in [0, 0.1) is 6.92 Å². The third-order valence-electron chi connectivity index (χ3n) is 6.25.